The summed E-state index contributed by atoms with van der Waals surface area (Å²) in [6.45, 7) is 4.88. The minimum Gasteiger partial charge on any atom is -0.365 e. The Bertz CT molecular complexity index is 1110. The van der Waals surface area contributed by atoms with E-state index in [1.54, 1.807) is 4.90 Å². The highest BCUT2D eigenvalue weighted by Crippen LogP contribution is 2.23. The lowest BCUT2D eigenvalue weighted by Crippen LogP contribution is -2.30. The number of hydrogen-bond acceptors (Lipinski definition) is 4. The summed E-state index contributed by atoms with van der Waals surface area (Å²) in [4.78, 5) is 25.4. The van der Waals surface area contributed by atoms with Crippen LogP contribution in [0, 0.1) is 11.8 Å². The number of aromatic nitrogens is 3. The molecule has 1 fully saturated rings. The summed E-state index contributed by atoms with van der Waals surface area (Å²) < 4.78 is 0. The number of likely N-dealkylation sites (tertiary alicyclic amines) is 1. The SMILES string of the molecule is C=CC(=O)N1CC[C@@H](Nc2ncnc3[nH]c(C#Cc4ccccc4Cl)cc23)C1. The number of anilines is 1. The number of hydrogen-bond donors (Lipinski definition) is 2. The molecule has 2 aromatic heterocycles. The summed E-state index contributed by atoms with van der Waals surface area (Å²) in [7, 11) is 0. The number of carbonyl (C=O) groups is 1. The van der Waals surface area contributed by atoms with Crippen LogP contribution in [0.15, 0.2) is 49.3 Å². The van der Waals surface area contributed by atoms with Crippen molar-refractivity contribution in [2.45, 2.75) is 12.5 Å². The third-order valence-electron chi connectivity index (χ3n) is 4.65. The summed E-state index contributed by atoms with van der Waals surface area (Å²) in [6, 6.07) is 9.51. The molecule has 6 nitrogen and oxygen atoms in total. The molecule has 4 rings (SSSR count). The molecule has 3 heterocycles. The Kier molecular flexibility index (Phi) is 5.00. The van der Waals surface area contributed by atoms with Gasteiger partial charge in [0.05, 0.1) is 16.1 Å². The van der Waals surface area contributed by atoms with Crippen LogP contribution in [0.25, 0.3) is 11.0 Å². The number of benzene rings is 1. The van der Waals surface area contributed by atoms with Crippen molar-refractivity contribution in [1.29, 1.82) is 0 Å². The van der Waals surface area contributed by atoms with Crippen molar-refractivity contribution < 1.29 is 4.79 Å². The predicted octanol–water partition coefficient (Wildman–Crippen LogP) is 3.21. The number of nitrogens with zero attached hydrogens (tertiary/aromatic N) is 3. The van der Waals surface area contributed by atoms with Gasteiger partial charge in [0.25, 0.3) is 0 Å². The molecule has 0 aliphatic carbocycles. The molecule has 0 bridgehead atoms. The highest BCUT2D eigenvalue weighted by atomic mass is 35.5. The van der Waals surface area contributed by atoms with E-state index in [0.29, 0.717) is 23.8 Å². The lowest BCUT2D eigenvalue weighted by Gasteiger charge is -2.15. The Hall–Kier alpha value is -3.30. The summed E-state index contributed by atoms with van der Waals surface area (Å²) in [5.74, 6) is 6.85. The fourth-order valence-corrected chi connectivity index (χ4v) is 3.40. The Morgan fingerprint density at radius 1 is 1.36 bits per heavy atom. The van der Waals surface area contributed by atoms with Crippen LogP contribution in [0.5, 0.6) is 0 Å². The van der Waals surface area contributed by atoms with Crippen molar-refractivity contribution >= 4 is 34.4 Å². The van der Waals surface area contributed by atoms with E-state index in [9.17, 15) is 4.79 Å². The molecule has 0 spiro atoms. The van der Waals surface area contributed by atoms with Crippen molar-refractivity contribution in [3.8, 4) is 11.8 Å². The number of carbonyl (C=O) groups excluding carboxylic acids is 1. The van der Waals surface area contributed by atoms with Crippen LogP contribution in [0.3, 0.4) is 0 Å². The van der Waals surface area contributed by atoms with Gasteiger partial charge in [-0.2, -0.15) is 0 Å². The molecule has 1 saturated heterocycles. The zero-order chi connectivity index (χ0) is 19.5. The van der Waals surface area contributed by atoms with Gasteiger partial charge in [0.1, 0.15) is 17.8 Å². The number of fused-ring (bicyclic) bond motifs is 1. The molecule has 0 saturated carbocycles. The fraction of sp³-hybridized carbons (Fsp3) is 0.190. The molecule has 1 aromatic carbocycles. The normalized spacial score (nSPS) is 15.9. The smallest absolute Gasteiger partial charge is 0.246 e. The van der Waals surface area contributed by atoms with E-state index in [0.717, 1.165) is 28.9 Å². The molecular weight excluding hydrogens is 374 g/mol. The Morgan fingerprint density at radius 2 is 2.21 bits per heavy atom. The van der Waals surface area contributed by atoms with Crippen molar-refractivity contribution in [3.63, 3.8) is 0 Å². The van der Waals surface area contributed by atoms with E-state index in [-0.39, 0.29) is 11.9 Å². The average molecular weight is 392 g/mol. The van der Waals surface area contributed by atoms with Gasteiger partial charge in [-0.15, -0.1) is 0 Å². The van der Waals surface area contributed by atoms with Gasteiger partial charge < -0.3 is 15.2 Å². The van der Waals surface area contributed by atoms with Crippen LogP contribution in [0.4, 0.5) is 5.82 Å². The molecule has 1 atom stereocenters. The van der Waals surface area contributed by atoms with E-state index in [2.05, 4.69) is 38.7 Å². The summed E-state index contributed by atoms with van der Waals surface area (Å²) in [6.07, 6.45) is 3.71. The van der Waals surface area contributed by atoms with Crippen molar-refractivity contribution in [2.75, 3.05) is 18.4 Å². The Balaban J connectivity index is 1.56. The van der Waals surface area contributed by atoms with Gasteiger partial charge in [0, 0.05) is 24.7 Å². The first-order valence-electron chi connectivity index (χ1n) is 8.92. The minimum atomic E-state index is -0.0455. The number of nitrogens with one attached hydrogen (secondary N) is 2. The van der Waals surface area contributed by atoms with Crippen LogP contribution in [0.1, 0.15) is 17.7 Å². The minimum absolute atomic E-state index is 0.0455. The van der Waals surface area contributed by atoms with E-state index >= 15 is 0 Å². The molecule has 3 aromatic rings. The van der Waals surface area contributed by atoms with Crippen LogP contribution in [-0.4, -0.2) is 44.9 Å². The van der Waals surface area contributed by atoms with E-state index in [1.165, 1.54) is 12.4 Å². The van der Waals surface area contributed by atoms with Gasteiger partial charge in [-0.25, -0.2) is 9.97 Å². The average Bonchev–Trinajstić information content (AvgIpc) is 3.34. The summed E-state index contributed by atoms with van der Waals surface area (Å²) in [5, 5.41) is 4.90. The fourth-order valence-electron chi connectivity index (χ4n) is 3.22. The number of rotatable bonds is 3. The number of amides is 1. The molecule has 0 radical (unpaired) electrons. The molecule has 140 valence electrons. The molecule has 7 heteroatoms. The van der Waals surface area contributed by atoms with Crippen molar-refractivity contribution in [3.05, 3.63) is 65.6 Å². The first-order chi connectivity index (χ1) is 13.6. The quantitative estimate of drug-likeness (QED) is 0.531. The highest BCUT2D eigenvalue weighted by molar-refractivity contribution is 6.31. The zero-order valence-electron chi connectivity index (χ0n) is 15.1. The zero-order valence-corrected chi connectivity index (χ0v) is 15.8. The van der Waals surface area contributed by atoms with E-state index in [4.69, 9.17) is 11.6 Å². The lowest BCUT2D eigenvalue weighted by molar-refractivity contribution is -0.125. The first-order valence-corrected chi connectivity index (χ1v) is 9.30. The van der Waals surface area contributed by atoms with Crippen LogP contribution >= 0.6 is 11.6 Å². The van der Waals surface area contributed by atoms with Gasteiger partial charge in [-0.3, -0.25) is 4.79 Å². The van der Waals surface area contributed by atoms with Crippen LogP contribution < -0.4 is 5.32 Å². The van der Waals surface area contributed by atoms with E-state index < -0.39 is 0 Å². The van der Waals surface area contributed by atoms with Crippen molar-refractivity contribution in [1.82, 2.24) is 19.9 Å². The molecule has 2 N–H and O–H groups in total. The van der Waals surface area contributed by atoms with Gasteiger partial charge in [-0.05, 0) is 36.6 Å². The summed E-state index contributed by atoms with van der Waals surface area (Å²) >= 11 is 6.15. The van der Waals surface area contributed by atoms with E-state index in [1.807, 2.05) is 30.3 Å². The topological polar surface area (TPSA) is 73.9 Å². The second-order valence-corrected chi connectivity index (χ2v) is 6.92. The predicted molar refractivity (Wildman–Crippen MR) is 110 cm³/mol. The summed E-state index contributed by atoms with van der Waals surface area (Å²) in [5.41, 5.74) is 2.21. The number of H-pyrrole nitrogens is 1. The molecule has 1 aliphatic heterocycles. The standard InChI is InChI=1S/C21H18ClN5O/c1-2-19(28)27-10-9-16(12-27)26-21-17-11-15(25-20(17)23-13-24-21)8-7-14-5-3-4-6-18(14)22/h2-6,11,13,16H,1,9-10,12H2,(H2,23,24,25,26)/t16-/m1/s1. The van der Waals surface area contributed by atoms with Gasteiger partial charge in [0.2, 0.25) is 5.91 Å². The second-order valence-electron chi connectivity index (χ2n) is 6.52. The molecule has 28 heavy (non-hydrogen) atoms. The van der Waals surface area contributed by atoms with Crippen LogP contribution in [0.2, 0.25) is 5.02 Å². The maximum absolute atomic E-state index is 11.8. The third-order valence-corrected chi connectivity index (χ3v) is 4.98. The largest absolute Gasteiger partial charge is 0.365 e. The third kappa shape index (κ3) is 3.71. The number of aromatic amines is 1. The van der Waals surface area contributed by atoms with Gasteiger partial charge in [0.15, 0.2) is 0 Å². The highest BCUT2D eigenvalue weighted by Gasteiger charge is 2.25. The maximum Gasteiger partial charge on any atom is 0.246 e. The maximum atomic E-state index is 11.8. The molecular formula is C21H18ClN5O. The Morgan fingerprint density at radius 3 is 3.04 bits per heavy atom. The first kappa shape index (κ1) is 18.1. The molecule has 0 unspecified atom stereocenters. The molecule has 1 amide bonds. The second kappa shape index (κ2) is 7.75. The lowest BCUT2D eigenvalue weighted by atomic mass is 10.2. The van der Waals surface area contributed by atoms with Gasteiger partial charge >= 0.3 is 0 Å². The monoisotopic (exact) mass is 391 g/mol. The van der Waals surface area contributed by atoms with Crippen LogP contribution in [-0.2, 0) is 4.79 Å². The Labute approximate surface area is 167 Å². The van der Waals surface area contributed by atoms with Crippen molar-refractivity contribution in [2.24, 2.45) is 0 Å². The number of halogens is 1. The van der Waals surface area contributed by atoms with Gasteiger partial charge in [-0.1, -0.05) is 36.2 Å². The molecule has 1 aliphatic rings.